The van der Waals surface area contributed by atoms with Crippen LogP contribution in [0.25, 0.3) is 0 Å². The van der Waals surface area contributed by atoms with Crippen molar-refractivity contribution in [2.24, 2.45) is 11.8 Å². The Morgan fingerprint density at radius 3 is 1.40 bits per heavy atom. The highest BCUT2D eigenvalue weighted by atomic mass is 32.1. The molecule has 2 amide bonds. The van der Waals surface area contributed by atoms with Gasteiger partial charge in [0.05, 0.1) is 25.3 Å². The van der Waals surface area contributed by atoms with Crippen molar-refractivity contribution >= 4 is 56.4 Å². The zero-order chi connectivity index (χ0) is 29.6. The summed E-state index contributed by atoms with van der Waals surface area (Å²) >= 11 is 1.67. The number of hydrogen-bond donors (Lipinski definition) is 2. The minimum absolute atomic E-state index is 0.160. The minimum Gasteiger partial charge on any atom is -0.465 e. The lowest BCUT2D eigenvalue weighted by Crippen LogP contribution is -2.56. The van der Waals surface area contributed by atoms with E-state index in [9.17, 15) is 36.7 Å². The highest BCUT2D eigenvalue weighted by Gasteiger charge is 2.67. The van der Waals surface area contributed by atoms with Gasteiger partial charge < -0.3 is 20.1 Å². The molecule has 8 nitrogen and oxygen atoms in total. The van der Waals surface area contributed by atoms with Crippen LogP contribution in [-0.2, 0) is 44.7 Å². The maximum absolute atomic E-state index is 15.0. The first kappa shape index (κ1) is 30.0. The molecule has 2 N–H and O–H groups in total. The van der Waals surface area contributed by atoms with E-state index >= 15 is 0 Å². The fraction of sp³-hybridized carbons (Fsp3) is 0.538. The van der Waals surface area contributed by atoms with E-state index in [1.54, 1.807) is 10.6 Å². The first-order valence-corrected chi connectivity index (χ1v) is 14.2. The van der Waals surface area contributed by atoms with Crippen LogP contribution in [0.3, 0.4) is 0 Å². The fourth-order valence-corrected chi connectivity index (χ4v) is 7.75. The van der Waals surface area contributed by atoms with E-state index in [4.69, 9.17) is 9.47 Å². The number of anilines is 2. The van der Waals surface area contributed by atoms with Gasteiger partial charge in [0.2, 0.25) is 0 Å². The normalized spacial score (nSPS) is 18.8. The molecule has 4 rings (SSSR count). The number of nitrogens with one attached hydrogen (secondary N) is 2. The lowest BCUT2D eigenvalue weighted by Gasteiger charge is -2.24. The number of halogens is 4. The number of rotatable bonds is 7. The van der Waals surface area contributed by atoms with Gasteiger partial charge in [-0.25, -0.2) is 9.59 Å². The summed E-state index contributed by atoms with van der Waals surface area (Å²) in [6.45, 7) is 3.92. The van der Waals surface area contributed by atoms with Crippen LogP contribution in [0.1, 0.15) is 68.3 Å². The molecule has 0 spiro atoms. The molecule has 2 atom stereocenters. The number of esters is 2. The summed E-state index contributed by atoms with van der Waals surface area (Å²) in [7, 11) is 2.14. The van der Waals surface area contributed by atoms with Gasteiger partial charge in [0, 0.05) is 9.75 Å². The third-order valence-electron chi connectivity index (χ3n) is 7.22. The molecule has 2 aliphatic rings. The quantitative estimate of drug-likeness (QED) is 0.320. The number of alkyl halides is 4. The Labute approximate surface area is 235 Å². The molecule has 2 aromatic heterocycles. The highest BCUT2D eigenvalue weighted by molar-refractivity contribution is 7.17. The summed E-state index contributed by atoms with van der Waals surface area (Å²) in [6, 6.07) is 0. The first-order valence-electron chi connectivity index (χ1n) is 12.6. The van der Waals surface area contributed by atoms with Gasteiger partial charge in [-0.1, -0.05) is 13.8 Å². The molecule has 0 bridgehead atoms. The zero-order valence-electron chi connectivity index (χ0n) is 22.2. The maximum Gasteiger partial charge on any atom is 0.396 e. The Hall–Kier alpha value is -3.00. The Bertz CT molecular complexity index is 1270. The van der Waals surface area contributed by atoms with Crippen LogP contribution in [0, 0.1) is 11.8 Å². The van der Waals surface area contributed by atoms with Crippen LogP contribution in [-0.4, -0.2) is 49.8 Å². The van der Waals surface area contributed by atoms with E-state index in [1.807, 2.05) is 13.8 Å². The summed E-state index contributed by atoms with van der Waals surface area (Å²) in [5.41, 5.74) is 0.716. The van der Waals surface area contributed by atoms with E-state index in [0.29, 0.717) is 59.4 Å². The molecule has 14 heteroatoms. The third kappa shape index (κ3) is 5.22. The van der Waals surface area contributed by atoms with Crippen LogP contribution < -0.4 is 10.6 Å². The Balaban J connectivity index is 1.60. The van der Waals surface area contributed by atoms with Crippen LogP contribution in [0.4, 0.5) is 27.6 Å². The fourth-order valence-electron chi connectivity index (χ4n) is 4.96. The zero-order valence-corrected chi connectivity index (χ0v) is 23.8. The van der Waals surface area contributed by atoms with Crippen molar-refractivity contribution in [3.05, 3.63) is 32.0 Å². The summed E-state index contributed by atoms with van der Waals surface area (Å²) < 4.78 is 69.4. The molecule has 218 valence electrons. The summed E-state index contributed by atoms with van der Waals surface area (Å²) in [5, 5.41) is 2.79. The predicted octanol–water partition coefficient (Wildman–Crippen LogP) is 5.48. The number of hydrogen-bond acceptors (Lipinski definition) is 8. The SMILES string of the molecule is COC(=O)c1c(NC(=O)C(F)(F)C(F)(F)C(=O)Nc2sc3c(c2C(=O)OC)CCC(C)C3)sc2c1CCC(C)C2. The van der Waals surface area contributed by atoms with Crippen molar-refractivity contribution in [3.8, 4) is 0 Å². The smallest absolute Gasteiger partial charge is 0.396 e. The largest absolute Gasteiger partial charge is 0.465 e. The predicted molar refractivity (Wildman–Crippen MR) is 141 cm³/mol. The van der Waals surface area contributed by atoms with E-state index in [2.05, 4.69) is 0 Å². The second kappa shape index (κ2) is 11.1. The van der Waals surface area contributed by atoms with Crippen molar-refractivity contribution in [3.63, 3.8) is 0 Å². The average Bonchev–Trinajstić information content (AvgIpc) is 3.43. The number of thiophene rings is 2. The maximum atomic E-state index is 15.0. The molecule has 2 aliphatic carbocycles. The van der Waals surface area contributed by atoms with E-state index < -0.39 is 35.6 Å². The lowest BCUT2D eigenvalue weighted by molar-refractivity contribution is -0.204. The summed E-state index contributed by atoms with van der Waals surface area (Å²) in [5.74, 6) is -17.3. The molecule has 2 heterocycles. The molecule has 2 unspecified atom stereocenters. The lowest BCUT2D eigenvalue weighted by atomic mass is 9.88. The second-order valence-electron chi connectivity index (χ2n) is 10.2. The van der Waals surface area contributed by atoms with Gasteiger partial charge in [-0.3, -0.25) is 9.59 Å². The van der Waals surface area contributed by atoms with Gasteiger partial charge in [0.15, 0.2) is 0 Å². The van der Waals surface area contributed by atoms with Gasteiger partial charge in [-0.2, -0.15) is 17.6 Å². The van der Waals surface area contributed by atoms with Crippen LogP contribution in [0.5, 0.6) is 0 Å². The Morgan fingerprint density at radius 2 is 1.07 bits per heavy atom. The van der Waals surface area contributed by atoms with Gasteiger partial charge in [-0.05, 0) is 61.5 Å². The van der Waals surface area contributed by atoms with Gasteiger partial charge in [-0.15, -0.1) is 22.7 Å². The molecule has 0 aliphatic heterocycles. The van der Waals surface area contributed by atoms with E-state index in [1.165, 1.54) is 0 Å². The Kier molecular flexibility index (Phi) is 8.32. The Morgan fingerprint density at radius 1 is 0.725 bits per heavy atom. The molecule has 0 radical (unpaired) electrons. The van der Waals surface area contributed by atoms with Gasteiger partial charge in [0.1, 0.15) is 10.0 Å². The molecule has 0 saturated carbocycles. The standard InChI is InChI=1S/C26H28F4N2O6S2/c1-11-5-7-13-15(9-11)39-19(17(13)21(33)37-3)31-23(35)25(27,28)26(29,30)24(36)32-20-18(22(34)38-4)14-8-6-12(2)10-16(14)40-20/h11-12H,5-10H2,1-4H3,(H,31,35)(H,32,36). The molecular formula is C26H28F4N2O6S2. The van der Waals surface area contributed by atoms with Crippen molar-refractivity contribution in [2.45, 2.75) is 64.2 Å². The van der Waals surface area contributed by atoms with Gasteiger partial charge >= 0.3 is 35.6 Å². The van der Waals surface area contributed by atoms with Crippen LogP contribution in [0.15, 0.2) is 0 Å². The van der Waals surface area contributed by atoms with Crippen molar-refractivity contribution in [1.82, 2.24) is 0 Å². The van der Waals surface area contributed by atoms with Crippen molar-refractivity contribution in [2.75, 3.05) is 24.9 Å². The molecule has 0 aromatic carbocycles. The van der Waals surface area contributed by atoms with E-state index in [0.717, 1.165) is 36.9 Å². The average molecular weight is 605 g/mol. The van der Waals surface area contributed by atoms with E-state index in [-0.39, 0.29) is 33.0 Å². The molecule has 0 saturated heterocycles. The van der Waals surface area contributed by atoms with Crippen molar-refractivity contribution in [1.29, 1.82) is 0 Å². The molecule has 40 heavy (non-hydrogen) atoms. The number of fused-ring (bicyclic) bond motifs is 2. The van der Waals surface area contributed by atoms with Crippen molar-refractivity contribution < 1.29 is 46.2 Å². The molecule has 0 fully saturated rings. The van der Waals surface area contributed by atoms with Crippen LogP contribution in [0.2, 0.25) is 0 Å². The summed E-state index contributed by atoms with van der Waals surface area (Å²) in [4.78, 5) is 51.2. The monoisotopic (exact) mass is 604 g/mol. The van der Waals surface area contributed by atoms with Gasteiger partial charge in [0.25, 0.3) is 0 Å². The number of amides is 2. The number of methoxy groups -OCH3 is 2. The topological polar surface area (TPSA) is 111 Å². The number of carbonyl (C=O) groups excluding carboxylic acids is 4. The number of carbonyl (C=O) groups is 4. The summed E-state index contributed by atoms with van der Waals surface area (Å²) in [6.07, 6.45) is 3.28. The number of ether oxygens (including phenoxy) is 2. The third-order valence-corrected chi connectivity index (χ3v) is 9.56. The minimum atomic E-state index is -5.51. The molecule has 2 aromatic rings. The second-order valence-corrected chi connectivity index (χ2v) is 12.4. The van der Waals surface area contributed by atoms with Crippen LogP contribution >= 0.6 is 22.7 Å². The molecular weight excluding hydrogens is 576 g/mol. The highest BCUT2D eigenvalue weighted by Crippen LogP contribution is 2.44. The first-order chi connectivity index (χ1) is 18.7.